The molecule has 1 saturated carbocycles. The number of hydroxylamine groups is 1. The largest absolute Gasteiger partial charge is 0.414 e. The number of nitrogens with one attached hydrogen (secondary N) is 1. The van der Waals surface area contributed by atoms with E-state index in [0.717, 1.165) is 19.3 Å². The van der Waals surface area contributed by atoms with Gasteiger partial charge < -0.3 is 0 Å². The molecule has 1 rings (SSSR count). The van der Waals surface area contributed by atoms with Gasteiger partial charge in [0.15, 0.2) is 6.61 Å². The lowest BCUT2D eigenvalue weighted by atomic mass is 9.86. The molecule has 0 aromatic heterocycles. The Morgan fingerprint density at radius 3 is 2.47 bits per heavy atom. The summed E-state index contributed by atoms with van der Waals surface area (Å²) in [4.78, 5) is 15.2. The Balaban J connectivity index is 2.04. The summed E-state index contributed by atoms with van der Waals surface area (Å²) in [5, 5.41) is 0. The normalized spacial score (nSPS) is 18.1. The van der Waals surface area contributed by atoms with Crippen LogP contribution in [0.1, 0.15) is 44.9 Å². The van der Waals surface area contributed by atoms with Crippen LogP contribution in [0.15, 0.2) is 0 Å². The molecule has 1 amide bonds. The average molecular weight is 253 g/mol. The molecule has 0 aromatic rings. The zero-order chi connectivity index (χ0) is 12.7. The first-order chi connectivity index (χ1) is 7.97. The summed E-state index contributed by atoms with van der Waals surface area (Å²) in [5.41, 5.74) is 1.82. The van der Waals surface area contributed by atoms with E-state index in [9.17, 15) is 18.0 Å². The highest BCUT2D eigenvalue weighted by atomic mass is 19.4. The van der Waals surface area contributed by atoms with Gasteiger partial charge in [-0.25, -0.2) is 5.48 Å². The van der Waals surface area contributed by atoms with Crippen LogP contribution in [0, 0.1) is 5.92 Å². The van der Waals surface area contributed by atoms with Gasteiger partial charge in [0.1, 0.15) is 0 Å². The highest BCUT2D eigenvalue weighted by Crippen LogP contribution is 2.27. The quantitative estimate of drug-likeness (QED) is 0.765. The van der Waals surface area contributed by atoms with Crippen molar-refractivity contribution in [2.75, 3.05) is 6.61 Å². The van der Waals surface area contributed by atoms with Gasteiger partial charge in [-0.3, -0.25) is 9.63 Å². The highest BCUT2D eigenvalue weighted by Gasteiger charge is 2.28. The fourth-order valence-corrected chi connectivity index (χ4v) is 2.06. The van der Waals surface area contributed by atoms with Gasteiger partial charge in [0, 0.05) is 6.42 Å². The molecule has 0 radical (unpaired) electrons. The predicted octanol–water partition coefficient (Wildman–Crippen LogP) is 2.96. The van der Waals surface area contributed by atoms with Gasteiger partial charge in [-0.15, -0.1) is 0 Å². The van der Waals surface area contributed by atoms with E-state index in [-0.39, 0.29) is 6.42 Å². The van der Waals surface area contributed by atoms with Gasteiger partial charge in [0.2, 0.25) is 5.91 Å². The Morgan fingerprint density at radius 2 is 1.88 bits per heavy atom. The van der Waals surface area contributed by atoms with Gasteiger partial charge in [0.25, 0.3) is 0 Å². The molecule has 100 valence electrons. The van der Waals surface area contributed by atoms with Crippen molar-refractivity contribution in [2.45, 2.75) is 51.1 Å². The van der Waals surface area contributed by atoms with Crippen molar-refractivity contribution in [3.8, 4) is 0 Å². The summed E-state index contributed by atoms with van der Waals surface area (Å²) in [7, 11) is 0. The molecule has 0 atom stereocenters. The molecule has 0 aliphatic heterocycles. The minimum absolute atomic E-state index is 0.239. The molecule has 1 N–H and O–H groups in total. The maximum atomic E-state index is 11.7. The van der Waals surface area contributed by atoms with Crippen LogP contribution in [0.25, 0.3) is 0 Å². The molecule has 0 unspecified atom stereocenters. The summed E-state index contributed by atoms with van der Waals surface area (Å²) in [5.74, 6) is 0.0666. The number of carbonyl (C=O) groups excluding carboxylic acids is 1. The first-order valence-corrected chi connectivity index (χ1v) is 5.95. The standard InChI is InChI=1S/C11H18F3NO2/c12-11(13,14)8-17-15-10(16)7-6-9-4-2-1-3-5-9/h9H,1-8H2,(H,15,16). The van der Waals surface area contributed by atoms with Gasteiger partial charge in [-0.05, 0) is 12.3 Å². The first kappa shape index (κ1) is 14.3. The first-order valence-electron chi connectivity index (χ1n) is 5.95. The monoisotopic (exact) mass is 253 g/mol. The number of carbonyl (C=O) groups is 1. The highest BCUT2D eigenvalue weighted by molar-refractivity contribution is 5.74. The van der Waals surface area contributed by atoms with E-state index in [1.165, 1.54) is 19.3 Å². The SMILES string of the molecule is O=C(CCC1CCCCC1)NOCC(F)(F)F. The number of hydrogen-bond donors (Lipinski definition) is 1. The van der Waals surface area contributed by atoms with Crippen molar-refractivity contribution in [3.63, 3.8) is 0 Å². The fourth-order valence-electron chi connectivity index (χ4n) is 2.06. The second-order valence-electron chi connectivity index (χ2n) is 4.47. The Bertz CT molecular complexity index is 237. The molecule has 6 heteroatoms. The molecular weight excluding hydrogens is 235 g/mol. The van der Waals surface area contributed by atoms with Crippen LogP contribution in [-0.4, -0.2) is 18.7 Å². The average Bonchev–Trinajstić information content (AvgIpc) is 2.26. The van der Waals surface area contributed by atoms with E-state index >= 15 is 0 Å². The number of rotatable bonds is 5. The maximum absolute atomic E-state index is 11.7. The topological polar surface area (TPSA) is 38.3 Å². The number of hydrogen-bond acceptors (Lipinski definition) is 2. The summed E-state index contributed by atoms with van der Waals surface area (Å²) in [6.07, 6.45) is 2.44. The van der Waals surface area contributed by atoms with Crippen LogP contribution in [0.2, 0.25) is 0 Å². The Kier molecular flexibility index (Phi) is 5.74. The van der Waals surface area contributed by atoms with E-state index in [2.05, 4.69) is 4.84 Å². The second kappa shape index (κ2) is 6.83. The van der Waals surface area contributed by atoms with Gasteiger partial charge in [0.05, 0.1) is 0 Å². The third kappa shape index (κ3) is 7.20. The Morgan fingerprint density at radius 1 is 1.24 bits per heavy atom. The molecule has 3 nitrogen and oxygen atoms in total. The number of amides is 1. The predicted molar refractivity (Wildman–Crippen MR) is 56.0 cm³/mol. The van der Waals surface area contributed by atoms with Crippen molar-refractivity contribution < 1.29 is 22.8 Å². The summed E-state index contributed by atoms with van der Waals surface area (Å²) >= 11 is 0. The third-order valence-corrected chi connectivity index (χ3v) is 2.93. The van der Waals surface area contributed by atoms with Crippen molar-refractivity contribution in [1.29, 1.82) is 0 Å². The van der Waals surface area contributed by atoms with E-state index in [4.69, 9.17) is 0 Å². The summed E-state index contributed by atoms with van der Waals surface area (Å²) in [6.45, 7) is -1.44. The van der Waals surface area contributed by atoms with Crippen LogP contribution < -0.4 is 5.48 Å². The van der Waals surface area contributed by atoms with Crippen LogP contribution >= 0.6 is 0 Å². The Hall–Kier alpha value is -0.780. The molecule has 1 fully saturated rings. The van der Waals surface area contributed by atoms with Crippen molar-refractivity contribution >= 4 is 5.91 Å². The minimum Gasteiger partial charge on any atom is -0.273 e. The molecule has 1 aliphatic carbocycles. The van der Waals surface area contributed by atoms with Crippen LogP contribution in [0.3, 0.4) is 0 Å². The van der Waals surface area contributed by atoms with Gasteiger partial charge in [-0.2, -0.15) is 13.2 Å². The van der Waals surface area contributed by atoms with E-state index in [0.29, 0.717) is 5.92 Å². The van der Waals surface area contributed by atoms with Crippen LogP contribution in [-0.2, 0) is 9.63 Å². The van der Waals surface area contributed by atoms with Crippen LogP contribution in [0.5, 0.6) is 0 Å². The molecule has 17 heavy (non-hydrogen) atoms. The van der Waals surface area contributed by atoms with Crippen LogP contribution in [0.4, 0.5) is 13.2 Å². The molecule has 0 aromatic carbocycles. The lowest BCUT2D eigenvalue weighted by Gasteiger charge is -2.20. The number of halogens is 3. The Labute approximate surface area is 98.7 Å². The van der Waals surface area contributed by atoms with E-state index < -0.39 is 18.7 Å². The second-order valence-corrected chi connectivity index (χ2v) is 4.47. The van der Waals surface area contributed by atoms with E-state index in [1.54, 1.807) is 0 Å². The fraction of sp³-hybridized carbons (Fsp3) is 0.909. The lowest BCUT2D eigenvalue weighted by Crippen LogP contribution is -2.29. The molecular formula is C11H18F3NO2. The van der Waals surface area contributed by atoms with Crippen molar-refractivity contribution in [2.24, 2.45) is 5.92 Å². The minimum atomic E-state index is -4.41. The molecule has 0 bridgehead atoms. The zero-order valence-corrected chi connectivity index (χ0v) is 9.68. The molecule has 0 heterocycles. The van der Waals surface area contributed by atoms with Crippen molar-refractivity contribution in [3.05, 3.63) is 0 Å². The molecule has 0 spiro atoms. The number of alkyl halides is 3. The third-order valence-electron chi connectivity index (χ3n) is 2.93. The van der Waals surface area contributed by atoms with E-state index in [1.807, 2.05) is 5.48 Å². The molecule has 1 aliphatic rings. The smallest absolute Gasteiger partial charge is 0.273 e. The van der Waals surface area contributed by atoms with Gasteiger partial charge in [-0.1, -0.05) is 32.1 Å². The lowest BCUT2D eigenvalue weighted by molar-refractivity contribution is -0.191. The summed E-state index contributed by atoms with van der Waals surface area (Å²) < 4.78 is 35.1. The maximum Gasteiger partial charge on any atom is 0.414 e. The van der Waals surface area contributed by atoms with Gasteiger partial charge >= 0.3 is 6.18 Å². The zero-order valence-electron chi connectivity index (χ0n) is 9.68. The molecule has 0 saturated heterocycles. The van der Waals surface area contributed by atoms with Crippen molar-refractivity contribution in [1.82, 2.24) is 5.48 Å². The summed E-state index contributed by atoms with van der Waals surface area (Å²) in [6, 6.07) is 0.